The van der Waals surface area contributed by atoms with Crippen LogP contribution in [0.4, 0.5) is 0 Å². The van der Waals surface area contributed by atoms with E-state index in [2.05, 4.69) is 29.2 Å². The quantitative estimate of drug-likeness (QED) is 0.766. The fraction of sp³-hybridized carbons (Fsp3) is 0.353. The van der Waals surface area contributed by atoms with E-state index in [4.69, 9.17) is 10.3 Å². The van der Waals surface area contributed by atoms with Crippen molar-refractivity contribution < 1.29 is 4.52 Å². The van der Waals surface area contributed by atoms with Crippen LogP contribution in [0.25, 0.3) is 22.2 Å². The van der Waals surface area contributed by atoms with Crippen molar-refractivity contribution in [3.05, 3.63) is 41.3 Å². The average molecular weight is 283 g/mol. The van der Waals surface area contributed by atoms with Crippen LogP contribution in [-0.4, -0.2) is 10.1 Å². The van der Waals surface area contributed by atoms with Crippen LogP contribution >= 0.6 is 0 Å². The number of nitrogens with two attached hydrogens (primary N) is 1. The molecule has 0 unspecified atom stereocenters. The van der Waals surface area contributed by atoms with E-state index in [9.17, 15) is 0 Å². The second-order valence-corrected chi connectivity index (χ2v) is 6.06. The average Bonchev–Trinajstić information content (AvgIpc) is 2.97. The molecule has 0 fully saturated rings. The van der Waals surface area contributed by atoms with Crippen LogP contribution in [-0.2, 0) is 12.0 Å². The number of para-hydroxylation sites is 1. The Morgan fingerprint density at radius 2 is 2.00 bits per heavy atom. The molecule has 3 rings (SSSR count). The Morgan fingerprint density at radius 3 is 2.67 bits per heavy atom. The molecule has 0 saturated carbocycles. The summed E-state index contributed by atoms with van der Waals surface area (Å²) in [5.74, 6) is 0.823. The molecule has 0 amide bonds. The topological polar surface area (TPSA) is 67.8 Å². The molecule has 3 N–H and O–H groups in total. The van der Waals surface area contributed by atoms with Crippen molar-refractivity contribution >= 4 is 10.9 Å². The highest BCUT2D eigenvalue weighted by Crippen LogP contribution is 2.39. The van der Waals surface area contributed by atoms with Gasteiger partial charge in [-0.2, -0.15) is 0 Å². The van der Waals surface area contributed by atoms with Crippen molar-refractivity contribution in [1.29, 1.82) is 0 Å². The zero-order valence-electron chi connectivity index (χ0n) is 12.9. The van der Waals surface area contributed by atoms with Crippen LogP contribution in [0.3, 0.4) is 0 Å². The van der Waals surface area contributed by atoms with Crippen LogP contribution in [0.2, 0.25) is 0 Å². The lowest BCUT2D eigenvalue weighted by molar-refractivity contribution is 0.391. The van der Waals surface area contributed by atoms with Crippen molar-refractivity contribution in [1.82, 2.24) is 10.1 Å². The third-order valence-corrected chi connectivity index (χ3v) is 3.87. The van der Waals surface area contributed by atoms with Crippen molar-refractivity contribution in [3.8, 4) is 11.3 Å². The van der Waals surface area contributed by atoms with Crippen molar-refractivity contribution in [3.63, 3.8) is 0 Å². The fourth-order valence-electron chi connectivity index (χ4n) is 2.98. The zero-order chi connectivity index (χ0) is 15.2. The molecule has 0 radical (unpaired) electrons. The molecule has 2 aromatic heterocycles. The Bertz CT molecular complexity index is 790. The van der Waals surface area contributed by atoms with E-state index in [1.165, 1.54) is 0 Å². The van der Waals surface area contributed by atoms with Crippen molar-refractivity contribution in [2.75, 3.05) is 0 Å². The van der Waals surface area contributed by atoms with Crippen molar-refractivity contribution in [2.45, 2.75) is 39.7 Å². The molecule has 0 aliphatic rings. The number of hydrogen-bond acceptors (Lipinski definition) is 3. The highest BCUT2D eigenvalue weighted by molar-refractivity contribution is 5.92. The molecule has 4 heteroatoms. The molecule has 0 bridgehead atoms. The molecule has 0 spiro atoms. The van der Waals surface area contributed by atoms with Gasteiger partial charge in [0.15, 0.2) is 0 Å². The number of fused-ring (bicyclic) bond motifs is 1. The van der Waals surface area contributed by atoms with E-state index in [-0.39, 0.29) is 0 Å². The SMILES string of the molecule is CCc1noc(C)c1-c1[nH]c2ccccc2c1C(C)(C)N. The molecule has 0 aliphatic carbocycles. The van der Waals surface area contributed by atoms with Gasteiger partial charge in [-0.05, 0) is 33.3 Å². The predicted molar refractivity (Wildman–Crippen MR) is 85.1 cm³/mol. The Kier molecular flexibility index (Phi) is 3.14. The maximum absolute atomic E-state index is 6.44. The van der Waals surface area contributed by atoms with E-state index in [0.29, 0.717) is 0 Å². The second-order valence-electron chi connectivity index (χ2n) is 6.06. The third-order valence-electron chi connectivity index (χ3n) is 3.87. The number of nitrogens with one attached hydrogen (secondary N) is 1. The van der Waals surface area contributed by atoms with Gasteiger partial charge in [0, 0.05) is 22.0 Å². The van der Waals surface area contributed by atoms with Crippen LogP contribution < -0.4 is 5.73 Å². The number of nitrogens with zero attached hydrogens (tertiary/aromatic N) is 1. The fourth-order valence-corrected chi connectivity index (χ4v) is 2.98. The van der Waals surface area contributed by atoms with Gasteiger partial charge in [-0.15, -0.1) is 0 Å². The van der Waals surface area contributed by atoms with Gasteiger partial charge in [-0.3, -0.25) is 0 Å². The largest absolute Gasteiger partial charge is 0.361 e. The van der Waals surface area contributed by atoms with Crippen molar-refractivity contribution in [2.24, 2.45) is 5.73 Å². The molecule has 0 aliphatic heterocycles. The smallest absolute Gasteiger partial charge is 0.143 e. The minimum atomic E-state index is -0.455. The number of aryl methyl sites for hydroxylation is 2. The van der Waals surface area contributed by atoms with Gasteiger partial charge < -0.3 is 15.2 Å². The molecule has 2 heterocycles. The maximum Gasteiger partial charge on any atom is 0.143 e. The second kappa shape index (κ2) is 4.74. The van der Waals surface area contributed by atoms with Crippen LogP contribution in [0.1, 0.15) is 37.8 Å². The normalized spacial score (nSPS) is 12.2. The molecule has 0 atom stereocenters. The number of aromatic nitrogens is 2. The third kappa shape index (κ3) is 2.16. The Labute approximate surface area is 124 Å². The first kappa shape index (κ1) is 13.9. The summed E-state index contributed by atoms with van der Waals surface area (Å²) in [5.41, 5.74) is 11.2. The molecule has 3 aromatic rings. The number of hydrogen-bond donors (Lipinski definition) is 2. The van der Waals surface area contributed by atoms with Crippen LogP contribution in [0, 0.1) is 6.92 Å². The van der Waals surface area contributed by atoms with E-state index >= 15 is 0 Å². The van der Waals surface area contributed by atoms with E-state index in [1.54, 1.807) is 0 Å². The number of aromatic amines is 1. The Morgan fingerprint density at radius 1 is 1.29 bits per heavy atom. The summed E-state index contributed by atoms with van der Waals surface area (Å²) in [6.45, 7) is 8.08. The molecule has 110 valence electrons. The van der Waals surface area contributed by atoms with Gasteiger partial charge in [0.25, 0.3) is 0 Å². The first-order chi connectivity index (χ1) is 9.93. The number of rotatable bonds is 3. The van der Waals surface area contributed by atoms with Gasteiger partial charge in [-0.1, -0.05) is 30.3 Å². The van der Waals surface area contributed by atoms with E-state index in [0.717, 1.165) is 45.6 Å². The maximum atomic E-state index is 6.44. The summed E-state index contributed by atoms with van der Waals surface area (Å²) in [6.07, 6.45) is 0.826. The zero-order valence-corrected chi connectivity index (χ0v) is 12.9. The lowest BCUT2D eigenvalue weighted by Crippen LogP contribution is -2.29. The summed E-state index contributed by atoms with van der Waals surface area (Å²) in [6, 6.07) is 8.24. The van der Waals surface area contributed by atoms with Gasteiger partial charge in [0.2, 0.25) is 0 Å². The summed E-state index contributed by atoms with van der Waals surface area (Å²) >= 11 is 0. The van der Waals surface area contributed by atoms with Gasteiger partial charge >= 0.3 is 0 Å². The van der Waals surface area contributed by atoms with E-state index in [1.807, 2.05) is 32.9 Å². The summed E-state index contributed by atoms with van der Waals surface area (Å²) < 4.78 is 5.39. The Hall–Kier alpha value is -2.07. The lowest BCUT2D eigenvalue weighted by Gasteiger charge is -2.20. The summed E-state index contributed by atoms with van der Waals surface area (Å²) in [5, 5.41) is 5.32. The monoisotopic (exact) mass is 283 g/mol. The first-order valence-corrected chi connectivity index (χ1v) is 7.29. The minimum Gasteiger partial charge on any atom is -0.361 e. The van der Waals surface area contributed by atoms with Crippen LogP contribution in [0.15, 0.2) is 28.8 Å². The molecule has 21 heavy (non-hydrogen) atoms. The number of H-pyrrole nitrogens is 1. The first-order valence-electron chi connectivity index (χ1n) is 7.29. The highest BCUT2D eigenvalue weighted by atomic mass is 16.5. The molecular weight excluding hydrogens is 262 g/mol. The molecular formula is C17H21N3O. The number of benzene rings is 1. The lowest BCUT2D eigenvalue weighted by atomic mass is 9.89. The summed E-state index contributed by atoms with van der Waals surface area (Å²) in [7, 11) is 0. The highest BCUT2D eigenvalue weighted by Gasteiger charge is 2.27. The molecule has 4 nitrogen and oxygen atoms in total. The van der Waals surface area contributed by atoms with Crippen LogP contribution in [0.5, 0.6) is 0 Å². The van der Waals surface area contributed by atoms with Gasteiger partial charge in [0.1, 0.15) is 5.76 Å². The standard InChI is InChI=1S/C17H21N3O/c1-5-12-14(10(2)21-20-12)16-15(17(3,4)18)11-8-6-7-9-13(11)19-16/h6-9,19H,5,18H2,1-4H3. The summed E-state index contributed by atoms with van der Waals surface area (Å²) in [4.78, 5) is 3.51. The Balaban J connectivity index is 2.40. The molecule has 1 aromatic carbocycles. The van der Waals surface area contributed by atoms with Gasteiger partial charge in [0.05, 0.1) is 17.0 Å². The predicted octanol–water partition coefficient (Wildman–Crippen LogP) is 3.89. The molecule has 0 saturated heterocycles. The van der Waals surface area contributed by atoms with E-state index < -0.39 is 5.54 Å². The minimum absolute atomic E-state index is 0.455. The van der Waals surface area contributed by atoms with Gasteiger partial charge in [-0.25, -0.2) is 0 Å².